The van der Waals surface area contributed by atoms with Crippen molar-refractivity contribution in [1.29, 1.82) is 0 Å². The van der Waals surface area contributed by atoms with E-state index >= 15 is 0 Å². The maximum Gasteiger partial charge on any atom is 0.275 e. The summed E-state index contributed by atoms with van der Waals surface area (Å²) in [6, 6.07) is 5.38. The van der Waals surface area contributed by atoms with E-state index < -0.39 is 0 Å². The highest BCUT2D eigenvalue weighted by Crippen LogP contribution is 2.26. The van der Waals surface area contributed by atoms with Gasteiger partial charge in [-0.3, -0.25) is 4.79 Å². The summed E-state index contributed by atoms with van der Waals surface area (Å²) in [6.45, 7) is 1.74. The van der Waals surface area contributed by atoms with E-state index in [9.17, 15) is 4.79 Å². The van der Waals surface area contributed by atoms with Crippen LogP contribution in [0.2, 0.25) is 0 Å². The molecule has 1 aliphatic heterocycles. The largest absolute Gasteiger partial charge is 0.497 e. The Labute approximate surface area is 105 Å². The van der Waals surface area contributed by atoms with Crippen LogP contribution in [-0.4, -0.2) is 26.0 Å². The van der Waals surface area contributed by atoms with Gasteiger partial charge in [-0.1, -0.05) is 0 Å². The fourth-order valence-electron chi connectivity index (χ4n) is 1.69. The number of rotatable bonds is 3. The van der Waals surface area contributed by atoms with Crippen LogP contribution in [0.1, 0.15) is 12.5 Å². The normalized spacial score (nSPS) is 16.5. The van der Waals surface area contributed by atoms with Gasteiger partial charge in [0.15, 0.2) is 0 Å². The van der Waals surface area contributed by atoms with E-state index in [1.165, 1.54) is 0 Å². The Bertz CT molecular complexity index is 547. The van der Waals surface area contributed by atoms with E-state index in [2.05, 4.69) is 10.3 Å². The molecule has 0 spiro atoms. The highest BCUT2D eigenvalue weighted by atomic mass is 16.5. The standard InChI is InChI=1S/C13H14N2O3/c1-8-14-11(13(16)15-8)7-9-6-10(17-2)4-5-12(9)18-3/h4-7H,1-3H3,(H,14,15,16)/b11-7-. The van der Waals surface area contributed by atoms with E-state index in [1.54, 1.807) is 45.4 Å². The van der Waals surface area contributed by atoms with Gasteiger partial charge in [-0.15, -0.1) is 0 Å². The number of ether oxygens (including phenoxy) is 2. The Hall–Kier alpha value is -2.30. The van der Waals surface area contributed by atoms with Crippen molar-refractivity contribution in [2.24, 2.45) is 4.99 Å². The Kier molecular flexibility index (Phi) is 3.32. The first-order chi connectivity index (χ1) is 8.63. The quantitative estimate of drug-likeness (QED) is 0.824. The molecule has 0 fully saturated rings. The molecule has 1 heterocycles. The first-order valence-corrected chi connectivity index (χ1v) is 5.44. The Morgan fingerprint density at radius 3 is 2.61 bits per heavy atom. The van der Waals surface area contributed by atoms with Gasteiger partial charge in [0.1, 0.15) is 23.0 Å². The van der Waals surface area contributed by atoms with Gasteiger partial charge in [0, 0.05) is 5.56 Å². The number of nitrogens with one attached hydrogen (secondary N) is 1. The number of methoxy groups -OCH3 is 2. The SMILES string of the molecule is COc1ccc(OC)c(/C=C2\N=C(C)NC2=O)c1. The van der Waals surface area contributed by atoms with Gasteiger partial charge in [0.25, 0.3) is 5.91 Å². The number of amides is 1. The summed E-state index contributed by atoms with van der Waals surface area (Å²) in [5.74, 6) is 1.74. The van der Waals surface area contributed by atoms with Crippen molar-refractivity contribution in [3.05, 3.63) is 29.5 Å². The molecule has 1 N–H and O–H groups in total. The predicted octanol–water partition coefficient (Wildman–Crippen LogP) is 1.59. The number of amidine groups is 1. The number of hydrogen-bond acceptors (Lipinski definition) is 4. The first kappa shape index (κ1) is 12.2. The minimum absolute atomic E-state index is 0.211. The van der Waals surface area contributed by atoms with Gasteiger partial charge in [0.05, 0.1) is 14.2 Å². The van der Waals surface area contributed by atoms with Gasteiger partial charge in [0.2, 0.25) is 0 Å². The van der Waals surface area contributed by atoms with Crippen LogP contribution in [-0.2, 0) is 4.79 Å². The molecule has 1 aromatic carbocycles. The van der Waals surface area contributed by atoms with Crippen LogP contribution in [0.25, 0.3) is 6.08 Å². The molecular weight excluding hydrogens is 232 g/mol. The van der Waals surface area contributed by atoms with Crippen molar-refractivity contribution in [1.82, 2.24) is 5.32 Å². The Morgan fingerprint density at radius 2 is 2.06 bits per heavy atom. The highest BCUT2D eigenvalue weighted by molar-refractivity contribution is 6.13. The topological polar surface area (TPSA) is 59.9 Å². The van der Waals surface area contributed by atoms with Crippen molar-refractivity contribution in [2.45, 2.75) is 6.92 Å². The van der Waals surface area contributed by atoms with Crippen LogP contribution in [0.4, 0.5) is 0 Å². The maximum atomic E-state index is 11.6. The number of benzene rings is 1. The molecule has 94 valence electrons. The number of aliphatic imine (C=N–C) groups is 1. The van der Waals surface area contributed by atoms with E-state index in [1.807, 2.05) is 0 Å². The minimum atomic E-state index is -0.211. The summed E-state index contributed by atoms with van der Waals surface area (Å²) in [5, 5.41) is 2.62. The van der Waals surface area contributed by atoms with E-state index in [0.29, 0.717) is 23.0 Å². The number of hydrogen-bond donors (Lipinski definition) is 1. The average molecular weight is 246 g/mol. The predicted molar refractivity (Wildman–Crippen MR) is 68.8 cm³/mol. The lowest BCUT2D eigenvalue weighted by Gasteiger charge is -2.07. The molecule has 0 aromatic heterocycles. The van der Waals surface area contributed by atoms with Gasteiger partial charge < -0.3 is 14.8 Å². The van der Waals surface area contributed by atoms with Crippen LogP contribution in [0.15, 0.2) is 28.9 Å². The van der Waals surface area contributed by atoms with Crippen LogP contribution < -0.4 is 14.8 Å². The molecule has 1 aromatic rings. The molecule has 0 bridgehead atoms. The molecule has 0 unspecified atom stereocenters. The van der Waals surface area contributed by atoms with Crippen LogP contribution >= 0.6 is 0 Å². The second-order valence-corrected chi connectivity index (χ2v) is 3.79. The van der Waals surface area contributed by atoms with Crippen molar-refractivity contribution in [3.8, 4) is 11.5 Å². The summed E-state index contributed by atoms with van der Waals surface area (Å²) < 4.78 is 10.4. The van der Waals surface area contributed by atoms with Crippen LogP contribution in [0, 0.1) is 0 Å². The van der Waals surface area contributed by atoms with Gasteiger partial charge in [-0.2, -0.15) is 0 Å². The van der Waals surface area contributed by atoms with Crippen molar-refractivity contribution in [3.63, 3.8) is 0 Å². The third kappa shape index (κ3) is 2.34. The smallest absolute Gasteiger partial charge is 0.275 e. The monoisotopic (exact) mass is 246 g/mol. The molecule has 2 rings (SSSR count). The molecule has 0 saturated carbocycles. The van der Waals surface area contributed by atoms with Gasteiger partial charge in [-0.25, -0.2) is 4.99 Å². The summed E-state index contributed by atoms with van der Waals surface area (Å²) in [7, 11) is 3.16. The molecule has 1 amide bonds. The zero-order chi connectivity index (χ0) is 13.1. The summed E-state index contributed by atoms with van der Waals surface area (Å²) >= 11 is 0. The van der Waals surface area contributed by atoms with Gasteiger partial charge >= 0.3 is 0 Å². The summed E-state index contributed by atoms with van der Waals surface area (Å²) in [4.78, 5) is 15.7. The third-order valence-corrected chi connectivity index (χ3v) is 2.54. The second kappa shape index (κ2) is 4.91. The van der Waals surface area contributed by atoms with E-state index in [4.69, 9.17) is 9.47 Å². The fourth-order valence-corrected chi connectivity index (χ4v) is 1.69. The zero-order valence-corrected chi connectivity index (χ0v) is 10.5. The fraction of sp³-hybridized carbons (Fsp3) is 0.231. The van der Waals surface area contributed by atoms with Crippen molar-refractivity contribution in [2.75, 3.05) is 14.2 Å². The summed E-state index contributed by atoms with van der Waals surface area (Å²) in [5.41, 5.74) is 1.11. The highest BCUT2D eigenvalue weighted by Gasteiger charge is 2.17. The van der Waals surface area contributed by atoms with Crippen molar-refractivity contribution < 1.29 is 14.3 Å². The Balaban J connectivity index is 2.44. The third-order valence-electron chi connectivity index (χ3n) is 2.54. The Morgan fingerprint density at radius 1 is 1.28 bits per heavy atom. The molecule has 0 aliphatic carbocycles. The molecule has 0 saturated heterocycles. The molecular formula is C13H14N2O3. The minimum Gasteiger partial charge on any atom is -0.497 e. The molecule has 1 aliphatic rings. The molecule has 0 atom stereocenters. The number of carbonyl (C=O) groups excluding carboxylic acids is 1. The molecule has 18 heavy (non-hydrogen) atoms. The molecule has 5 heteroatoms. The zero-order valence-electron chi connectivity index (χ0n) is 10.5. The lowest BCUT2D eigenvalue weighted by molar-refractivity contribution is -0.115. The number of carbonyl (C=O) groups is 1. The van der Waals surface area contributed by atoms with Gasteiger partial charge in [-0.05, 0) is 31.2 Å². The molecule has 5 nitrogen and oxygen atoms in total. The average Bonchev–Trinajstić information content (AvgIpc) is 2.67. The molecule has 0 radical (unpaired) electrons. The van der Waals surface area contributed by atoms with Crippen LogP contribution in [0.3, 0.4) is 0 Å². The lowest BCUT2D eigenvalue weighted by Crippen LogP contribution is -2.21. The first-order valence-electron chi connectivity index (χ1n) is 5.44. The second-order valence-electron chi connectivity index (χ2n) is 3.79. The summed E-state index contributed by atoms with van der Waals surface area (Å²) in [6.07, 6.45) is 1.67. The van der Waals surface area contributed by atoms with E-state index in [-0.39, 0.29) is 5.91 Å². The number of nitrogens with zero attached hydrogens (tertiary/aromatic N) is 1. The van der Waals surface area contributed by atoms with Crippen molar-refractivity contribution >= 4 is 17.8 Å². The lowest BCUT2D eigenvalue weighted by atomic mass is 10.1. The van der Waals surface area contributed by atoms with E-state index in [0.717, 1.165) is 5.56 Å². The van der Waals surface area contributed by atoms with Crippen LogP contribution in [0.5, 0.6) is 11.5 Å². The maximum absolute atomic E-state index is 11.6.